The average Bonchev–Trinajstić information content (AvgIpc) is 3.30. The number of carbonyl (C=O) groups excluding carboxylic acids is 1. The Morgan fingerprint density at radius 3 is 2.82 bits per heavy atom. The van der Waals surface area contributed by atoms with Crippen LogP contribution in [0.15, 0.2) is 58.1 Å². The zero-order chi connectivity index (χ0) is 19.7. The van der Waals surface area contributed by atoms with E-state index in [0.717, 1.165) is 12.1 Å². The lowest BCUT2D eigenvalue weighted by Gasteiger charge is -2.12. The number of aromatic nitrogens is 1. The zero-order valence-electron chi connectivity index (χ0n) is 14.2. The van der Waals surface area contributed by atoms with Gasteiger partial charge in [-0.05, 0) is 36.3 Å². The molecule has 140 valence electrons. The van der Waals surface area contributed by atoms with Gasteiger partial charge in [-0.3, -0.25) is 9.52 Å². The number of anilines is 1. The molecule has 0 spiro atoms. The molecule has 2 aromatic carbocycles. The minimum Gasteiger partial charge on any atom is -0.363 e. The van der Waals surface area contributed by atoms with Crippen molar-refractivity contribution in [2.45, 2.75) is 11.4 Å². The molecule has 0 fully saturated rings. The van der Waals surface area contributed by atoms with Crippen molar-refractivity contribution in [3.8, 4) is 11.8 Å². The van der Waals surface area contributed by atoms with Crippen LogP contribution in [0.25, 0.3) is 0 Å². The number of benzene rings is 2. The maximum atomic E-state index is 13.8. The number of carbonyl (C=O) groups is 1. The highest BCUT2D eigenvalue weighted by atomic mass is 32.2. The van der Waals surface area contributed by atoms with E-state index >= 15 is 0 Å². The molecule has 0 aliphatic carbocycles. The van der Waals surface area contributed by atoms with Crippen LogP contribution in [0.5, 0.6) is 0 Å². The summed E-state index contributed by atoms with van der Waals surface area (Å²) in [5.41, 5.74) is 1.40. The molecule has 1 amide bonds. The second-order valence-electron chi connectivity index (χ2n) is 5.93. The lowest BCUT2D eigenvalue weighted by molar-refractivity contribution is 0.0965. The van der Waals surface area contributed by atoms with Gasteiger partial charge in [0.2, 0.25) is 0 Å². The molecule has 2 heterocycles. The number of rotatable bonds is 3. The summed E-state index contributed by atoms with van der Waals surface area (Å²) >= 11 is 0. The van der Waals surface area contributed by atoms with Crippen LogP contribution < -0.4 is 10.0 Å². The van der Waals surface area contributed by atoms with Crippen molar-refractivity contribution in [3.63, 3.8) is 0 Å². The first kappa shape index (κ1) is 17.8. The molecule has 28 heavy (non-hydrogen) atoms. The Morgan fingerprint density at radius 2 is 2.04 bits per heavy atom. The topological polar surface area (TPSA) is 101 Å². The molecule has 7 nitrogen and oxygen atoms in total. The van der Waals surface area contributed by atoms with Crippen LogP contribution in [0, 0.1) is 17.7 Å². The fraction of sp³-hybridized carbons (Fsp3) is 0.0526. The van der Waals surface area contributed by atoms with Crippen LogP contribution in [0.4, 0.5) is 10.1 Å². The van der Waals surface area contributed by atoms with Crippen LogP contribution in [0.2, 0.25) is 0 Å². The van der Waals surface area contributed by atoms with Gasteiger partial charge < -0.3 is 9.84 Å². The normalized spacial score (nSPS) is 12.7. The minimum absolute atomic E-state index is 0.0208. The van der Waals surface area contributed by atoms with Gasteiger partial charge in [0.15, 0.2) is 5.69 Å². The van der Waals surface area contributed by atoms with Crippen molar-refractivity contribution in [2.75, 3.05) is 4.72 Å². The Labute approximate surface area is 159 Å². The minimum atomic E-state index is -4.02. The van der Waals surface area contributed by atoms with Gasteiger partial charge in [0, 0.05) is 29.3 Å². The Hall–Kier alpha value is -3.64. The lowest BCUT2D eigenvalue weighted by atomic mass is 10.1. The van der Waals surface area contributed by atoms with Gasteiger partial charge in [-0.25, -0.2) is 12.8 Å². The van der Waals surface area contributed by atoms with E-state index in [1.165, 1.54) is 18.4 Å². The Bertz CT molecular complexity index is 1240. The summed E-state index contributed by atoms with van der Waals surface area (Å²) in [6.45, 7) is 0.121. The summed E-state index contributed by atoms with van der Waals surface area (Å²) in [4.78, 5) is 11.7. The number of hydrogen-bond acceptors (Lipinski definition) is 5. The first-order chi connectivity index (χ1) is 13.4. The van der Waals surface area contributed by atoms with Gasteiger partial charge in [0.1, 0.15) is 12.1 Å². The van der Waals surface area contributed by atoms with Crippen molar-refractivity contribution in [2.24, 2.45) is 0 Å². The number of nitrogens with one attached hydrogen (secondary N) is 2. The molecule has 0 saturated heterocycles. The highest BCUT2D eigenvalue weighted by molar-refractivity contribution is 7.92. The fourth-order valence-electron chi connectivity index (χ4n) is 2.74. The van der Waals surface area contributed by atoms with Crippen molar-refractivity contribution < 1.29 is 22.1 Å². The van der Waals surface area contributed by atoms with Crippen molar-refractivity contribution in [1.82, 2.24) is 10.5 Å². The molecule has 1 aliphatic heterocycles. The molecule has 3 aromatic rings. The van der Waals surface area contributed by atoms with E-state index in [1.807, 2.05) is 0 Å². The number of fused-ring (bicyclic) bond motifs is 1. The zero-order valence-corrected chi connectivity index (χ0v) is 15.0. The van der Waals surface area contributed by atoms with Crippen LogP contribution in [0.3, 0.4) is 0 Å². The monoisotopic (exact) mass is 397 g/mol. The molecule has 0 atom stereocenters. The predicted molar refractivity (Wildman–Crippen MR) is 97.3 cm³/mol. The van der Waals surface area contributed by atoms with E-state index in [4.69, 9.17) is 0 Å². The number of hydrogen-bond donors (Lipinski definition) is 2. The standard InChI is InChI=1S/C19H12FN3O4S/c20-13-9-16-17(11-21-19(16)24)18(10-13)23-28(25,26)15-3-1-2-12(8-15)4-5-14-6-7-27-22-14/h1-3,6-10,23H,11H2,(H,21,24). The number of halogens is 1. The Balaban J connectivity index is 1.66. The fourth-order valence-corrected chi connectivity index (χ4v) is 3.87. The van der Waals surface area contributed by atoms with E-state index in [-0.39, 0.29) is 22.7 Å². The van der Waals surface area contributed by atoms with E-state index in [0.29, 0.717) is 16.8 Å². The number of nitrogens with zero attached hydrogens (tertiary/aromatic N) is 1. The maximum absolute atomic E-state index is 13.8. The van der Waals surface area contributed by atoms with Gasteiger partial charge in [0.25, 0.3) is 15.9 Å². The highest BCUT2D eigenvalue weighted by Gasteiger charge is 2.25. The van der Waals surface area contributed by atoms with Gasteiger partial charge in [-0.15, -0.1) is 0 Å². The quantitative estimate of drug-likeness (QED) is 0.660. The van der Waals surface area contributed by atoms with E-state index < -0.39 is 21.7 Å². The van der Waals surface area contributed by atoms with Crippen LogP contribution in [0.1, 0.15) is 27.2 Å². The Morgan fingerprint density at radius 1 is 1.18 bits per heavy atom. The molecule has 0 unspecified atom stereocenters. The number of sulfonamides is 1. The summed E-state index contributed by atoms with van der Waals surface area (Å²) < 4.78 is 46.4. The average molecular weight is 397 g/mol. The Kier molecular flexibility index (Phi) is 4.33. The van der Waals surface area contributed by atoms with Crippen LogP contribution in [-0.2, 0) is 16.6 Å². The second kappa shape index (κ2) is 6.83. The summed E-state index contributed by atoms with van der Waals surface area (Å²) in [6, 6.07) is 9.68. The smallest absolute Gasteiger partial charge is 0.261 e. The van der Waals surface area contributed by atoms with Crippen molar-refractivity contribution >= 4 is 21.6 Å². The molecule has 0 radical (unpaired) electrons. The molecule has 1 aromatic heterocycles. The van der Waals surface area contributed by atoms with Crippen LogP contribution in [-0.4, -0.2) is 19.5 Å². The van der Waals surface area contributed by atoms with Gasteiger partial charge in [0.05, 0.1) is 10.6 Å². The molecule has 0 bridgehead atoms. The first-order valence-corrected chi connectivity index (χ1v) is 9.56. The largest absolute Gasteiger partial charge is 0.363 e. The molecular weight excluding hydrogens is 385 g/mol. The van der Waals surface area contributed by atoms with Gasteiger partial charge in [-0.2, -0.15) is 0 Å². The summed E-state index contributed by atoms with van der Waals surface area (Å²) in [6.07, 6.45) is 1.38. The summed E-state index contributed by atoms with van der Waals surface area (Å²) in [5, 5.41) is 6.20. The van der Waals surface area contributed by atoms with Crippen LogP contribution >= 0.6 is 0 Å². The highest BCUT2D eigenvalue weighted by Crippen LogP contribution is 2.28. The second-order valence-corrected chi connectivity index (χ2v) is 7.61. The van der Waals surface area contributed by atoms with Crippen molar-refractivity contribution in [1.29, 1.82) is 0 Å². The summed E-state index contributed by atoms with van der Waals surface area (Å²) in [5.74, 6) is 4.40. The third-order valence-electron chi connectivity index (χ3n) is 4.05. The lowest BCUT2D eigenvalue weighted by Crippen LogP contribution is -2.15. The molecule has 0 saturated carbocycles. The van der Waals surface area contributed by atoms with E-state index in [1.54, 1.807) is 18.2 Å². The third kappa shape index (κ3) is 3.45. The predicted octanol–water partition coefficient (Wildman–Crippen LogP) is 2.26. The third-order valence-corrected chi connectivity index (χ3v) is 5.41. The van der Waals surface area contributed by atoms with Crippen molar-refractivity contribution in [3.05, 3.63) is 76.9 Å². The van der Waals surface area contributed by atoms with E-state index in [2.05, 4.69) is 31.6 Å². The molecule has 2 N–H and O–H groups in total. The SMILES string of the molecule is O=C1NCc2c(NS(=O)(=O)c3cccc(C#Cc4ccon4)c3)cc(F)cc21. The first-order valence-electron chi connectivity index (χ1n) is 8.08. The maximum Gasteiger partial charge on any atom is 0.261 e. The summed E-state index contributed by atoms with van der Waals surface area (Å²) in [7, 11) is -4.02. The number of amides is 1. The molecule has 9 heteroatoms. The molecule has 4 rings (SSSR count). The molecular formula is C19H12FN3O4S. The van der Waals surface area contributed by atoms with Gasteiger partial charge in [-0.1, -0.05) is 17.1 Å². The van der Waals surface area contributed by atoms with Gasteiger partial charge >= 0.3 is 0 Å². The molecule has 1 aliphatic rings. The van der Waals surface area contributed by atoms with E-state index in [9.17, 15) is 17.6 Å².